The Kier molecular flexibility index (Phi) is 7.83. The Morgan fingerprint density at radius 3 is 2.06 bits per heavy atom. The van der Waals surface area contributed by atoms with Crippen molar-refractivity contribution in [1.29, 1.82) is 0 Å². The summed E-state index contributed by atoms with van der Waals surface area (Å²) < 4.78 is 12.6. The zero-order valence-corrected chi connectivity index (χ0v) is 20.4. The standard InChI is InChI=1S/C29H31N3O3/c1-4-30-29(33)26-16-25(31-32-26)24-15-23(20(2)3)27(34-18-21-11-7-5-8-12-21)17-28(24)35-19-22-13-9-6-10-14-22/h5-17,20H,4,18-19H2,1-3H3,(H,30,33)(H,31,32). The Morgan fingerprint density at radius 2 is 1.49 bits per heavy atom. The number of amides is 1. The molecule has 0 aliphatic heterocycles. The molecule has 0 unspecified atom stereocenters. The molecule has 4 rings (SSSR count). The zero-order chi connectivity index (χ0) is 24.6. The smallest absolute Gasteiger partial charge is 0.269 e. The van der Waals surface area contributed by atoms with Gasteiger partial charge in [-0.25, -0.2) is 0 Å². The van der Waals surface area contributed by atoms with Crippen LogP contribution in [-0.4, -0.2) is 22.6 Å². The first-order chi connectivity index (χ1) is 17.0. The van der Waals surface area contributed by atoms with Crippen LogP contribution in [-0.2, 0) is 13.2 Å². The first kappa shape index (κ1) is 24.1. The highest BCUT2D eigenvalue weighted by atomic mass is 16.5. The zero-order valence-electron chi connectivity index (χ0n) is 20.4. The van der Waals surface area contributed by atoms with Crippen molar-refractivity contribution in [2.75, 3.05) is 6.54 Å². The van der Waals surface area contributed by atoms with Gasteiger partial charge in [0, 0.05) is 18.2 Å². The minimum atomic E-state index is -0.190. The molecule has 6 nitrogen and oxygen atoms in total. The maximum atomic E-state index is 12.3. The number of ether oxygens (including phenoxy) is 2. The van der Waals surface area contributed by atoms with Crippen molar-refractivity contribution in [3.8, 4) is 22.8 Å². The van der Waals surface area contributed by atoms with Crippen molar-refractivity contribution in [1.82, 2.24) is 15.5 Å². The summed E-state index contributed by atoms with van der Waals surface area (Å²) in [4.78, 5) is 12.3. The van der Waals surface area contributed by atoms with E-state index < -0.39 is 0 Å². The molecule has 0 aliphatic carbocycles. The molecule has 0 fully saturated rings. The van der Waals surface area contributed by atoms with Gasteiger partial charge in [0.1, 0.15) is 30.4 Å². The highest BCUT2D eigenvalue weighted by Crippen LogP contribution is 2.39. The van der Waals surface area contributed by atoms with Crippen LogP contribution in [0.2, 0.25) is 0 Å². The third kappa shape index (κ3) is 6.09. The fourth-order valence-electron chi connectivity index (χ4n) is 3.78. The van der Waals surface area contributed by atoms with Gasteiger partial charge >= 0.3 is 0 Å². The van der Waals surface area contributed by atoms with Crippen molar-refractivity contribution in [2.45, 2.75) is 39.9 Å². The molecule has 6 heteroatoms. The van der Waals surface area contributed by atoms with Gasteiger partial charge in [-0.15, -0.1) is 0 Å². The number of rotatable bonds is 10. The van der Waals surface area contributed by atoms with E-state index in [9.17, 15) is 4.79 Å². The lowest BCUT2D eigenvalue weighted by molar-refractivity contribution is 0.0951. The molecule has 3 aromatic carbocycles. The van der Waals surface area contributed by atoms with E-state index in [4.69, 9.17) is 9.47 Å². The van der Waals surface area contributed by atoms with Gasteiger partial charge in [-0.2, -0.15) is 5.10 Å². The average molecular weight is 470 g/mol. The number of hydrogen-bond acceptors (Lipinski definition) is 4. The van der Waals surface area contributed by atoms with Crippen LogP contribution in [0.4, 0.5) is 0 Å². The summed E-state index contributed by atoms with van der Waals surface area (Å²) in [5, 5.41) is 10.1. The summed E-state index contributed by atoms with van der Waals surface area (Å²) in [6.07, 6.45) is 0. The van der Waals surface area contributed by atoms with Crippen LogP contribution >= 0.6 is 0 Å². The lowest BCUT2D eigenvalue weighted by Crippen LogP contribution is -2.22. The third-order valence-electron chi connectivity index (χ3n) is 5.64. The van der Waals surface area contributed by atoms with Crippen molar-refractivity contribution in [3.63, 3.8) is 0 Å². The first-order valence-corrected chi connectivity index (χ1v) is 11.9. The lowest BCUT2D eigenvalue weighted by Gasteiger charge is -2.19. The van der Waals surface area contributed by atoms with E-state index in [0.29, 0.717) is 36.9 Å². The Hall–Kier alpha value is -4.06. The van der Waals surface area contributed by atoms with E-state index >= 15 is 0 Å². The predicted molar refractivity (Wildman–Crippen MR) is 138 cm³/mol. The lowest BCUT2D eigenvalue weighted by atomic mass is 9.97. The number of benzene rings is 3. The topological polar surface area (TPSA) is 76.2 Å². The summed E-state index contributed by atoms with van der Waals surface area (Å²) >= 11 is 0. The van der Waals surface area contributed by atoms with E-state index in [-0.39, 0.29) is 11.8 Å². The van der Waals surface area contributed by atoms with Gasteiger partial charge in [-0.1, -0.05) is 74.5 Å². The summed E-state index contributed by atoms with van der Waals surface area (Å²) in [7, 11) is 0. The highest BCUT2D eigenvalue weighted by Gasteiger charge is 2.19. The molecule has 1 amide bonds. The van der Waals surface area contributed by atoms with E-state index in [1.165, 1.54) is 0 Å². The number of nitrogens with zero attached hydrogens (tertiary/aromatic N) is 1. The summed E-state index contributed by atoms with van der Waals surface area (Å²) in [6.45, 7) is 7.55. The number of aromatic amines is 1. The van der Waals surface area contributed by atoms with E-state index in [1.807, 2.05) is 73.7 Å². The van der Waals surface area contributed by atoms with Crippen LogP contribution in [0.1, 0.15) is 53.9 Å². The average Bonchev–Trinajstić information content (AvgIpc) is 3.37. The fourth-order valence-corrected chi connectivity index (χ4v) is 3.78. The minimum absolute atomic E-state index is 0.190. The molecule has 0 saturated heterocycles. The largest absolute Gasteiger partial charge is 0.488 e. The maximum absolute atomic E-state index is 12.3. The highest BCUT2D eigenvalue weighted by molar-refractivity contribution is 5.93. The van der Waals surface area contributed by atoms with Gasteiger partial charge in [0.15, 0.2) is 0 Å². The van der Waals surface area contributed by atoms with Crippen molar-refractivity contribution in [2.24, 2.45) is 0 Å². The van der Waals surface area contributed by atoms with Crippen molar-refractivity contribution in [3.05, 3.63) is 101 Å². The summed E-state index contributed by atoms with van der Waals surface area (Å²) in [6, 6.07) is 25.8. The molecule has 180 valence electrons. The molecule has 35 heavy (non-hydrogen) atoms. The van der Waals surface area contributed by atoms with E-state index in [0.717, 1.165) is 28.0 Å². The van der Waals surface area contributed by atoms with Gasteiger partial charge < -0.3 is 14.8 Å². The molecule has 0 radical (unpaired) electrons. The minimum Gasteiger partial charge on any atom is -0.488 e. The maximum Gasteiger partial charge on any atom is 0.269 e. The summed E-state index contributed by atoms with van der Waals surface area (Å²) in [5.74, 6) is 1.44. The van der Waals surface area contributed by atoms with Crippen LogP contribution in [0.3, 0.4) is 0 Å². The Balaban J connectivity index is 1.71. The molecular formula is C29H31N3O3. The second kappa shape index (κ2) is 11.4. The van der Waals surface area contributed by atoms with Crippen LogP contribution in [0.25, 0.3) is 11.3 Å². The molecule has 0 bridgehead atoms. The van der Waals surface area contributed by atoms with Crippen LogP contribution in [0.15, 0.2) is 78.9 Å². The van der Waals surface area contributed by atoms with Crippen molar-refractivity contribution >= 4 is 5.91 Å². The molecule has 1 aromatic heterocycles. The van der Waals surface area contributed by atoms with Gasteiger partial charge in [-0.05, 0) is 41.7 Å². The molecular weight excluding hydrogens is 438 g/mol. The number of aromatic nitrogens is 2. The Bertz CT molecular complexity index is 1250. The van der Waals surface area contributed by atoms with Gasteiger partial charge in [0.2, 0.25) is 0 Å². The quantitative estimate of drug-likeness (QED) is 0.294. The Labute approximate surface area is 206 Å². The molecule has 0 spiro atoms. The van der Waals surface area contributed by atoms with E-state index in [1.54, 1.807) is 6.07 Å². The van der Waals surface area contributed by atoms with E-state index in [2.05, 4.69) is 35.4 Å². The molecule has 0 saturated carbocycles. The van der Waals surface area contributed by atoms with Crippen LogP contribution in [0, 0.1) is 0 Å². The second-order valence-electron chi connectivity index (χ2n) is 8.62. The first-order valence-electron chi connectivity index (χ1n) is 11.9. The number of carbonyl (C=O) groups is 1. The summed E-state index contributed by atoms with van der Waals surface area (Å²) in [5.41, 5.74) is 5.06. The third-order valence-corrected chi connectivity index (χ3v) is 5.64. The van der Waals surface area contributed by atoms with Crippen molar-refractivity contribution < 1.29 is 14.3 Å². The molecule has 0 aliphatic rings. The Morgan fingerprint density at radius 1 is 0.886 bits per heavy atom. The normalized spacial score (nSPS) is 10.9. The van der Waals surface area contributed by atoms with Crippen LogP contribution in [0.5, 0.6) is 11.5 Å². The number of nitrogens with one attached hydrogen (secondary N) is 2. The SMILES string of the molecule is CCNC(=O)c1cc(-c2cc(C(C)C)c(OCc3ccccc3)cc2OCc2ccccc2)n[nH]1. The van der Waals surface area contributed by atoms with Gasteiger partial charge in [-0.3, -0.25) is 9.89 Å². The molecule has 2 N–H and O–H groups in total. The fraction of sp³-hybridized carbons (Fsp3) is 0.241. The number of hydrogen-bond donors (Lipinski definition) is 2. The second-order valence-corrected chi connectivity index (χ2v) is 8.62. The van der Waals surface area contributed by atoms with Gasteiger partial charge in [0.05, 0.1) is 5.69 Å². The number of H-pyrrole nitrogens is 1. The van der Waals surface area contributed by atoms with Gasteiger partial charge in [0.25, 0.3) is 5.91 Å². The molecule has 1 heterocycles. The molecule has 0 atom stereocenters. The monoisotopic (exact) mass is 469 g/mol. The number of carbonyl (C=O) groups excluding carboxylic acids is 1. The van der Waals surface area contributed by atoms with Crippen LogP contribution < -0.4 is 14.8 Å². The predicted octanol–water partition coefficient (Wildman–Crippen LogP) is 6.11. The molecule has 4 aromatic rings.